The molecular formula is C26H27N7O. The van der Waals surface area contributed by atoms with Gasteiger partial charge in [0.25, 0.3) is 5.91 Å². The van der Waals surface area contributed by atoms with Gasteiger partial charge in [0.05, 0.1) is 5.69 Å². The summed E-state index contributed by atoms with van der Waals surface area (Å²) in [4.78, 5) is 24.3. The minimum atomic E-state index is -0.213. The normalized spacial score (nSPS) is 13.2. The molecule has 172 valence electrons. The molecule has 1 aliphatic heterocycles. The Morgan fingerprint density at radius 3 is 2.35 bits per heavy atom. The minimum Gasteiger partial charge on any atom is -0.356 e. The van der Waals surface area contributed by atoms with Crippen molar-refractivity contribution in [1.29, 1.82) is 0 Å². The summed E-state index contributed by atoms with van der Waals surface area (Å²) in [7, 11) is 1.77. The summed E-state index contributed by atoms with van der Waals surface area (Å²) < 4.78 is 1.60. The summed E-state index contributed by atoms with van der Waals surface area (Å²) in [6.07, 6.45) is 2.40. The number of benzene rings is 2. The van der Waals surface area contributed by atoms with Crippen LogP contribution in [0.1, 0.15) is 29.0 Å². The number of hydrogen-bond acceptors (Lipinski definition) is 6. The van der Waals surface area contributed by atoms with E-state index in [4.69, 9.17) is 0 Å². The molecule has 4 aromatic rings. The summed E-state index contributed by atoms with van der Waals surface area (Å²) in [5.41, 5.74) is 4.69. The van der Waals surface area contributed by atoms with Crippen molar-refractivity contribution in [2.24, 2.45) is 7.05 Å². The van der Waals surface area contributed by atoms with E-state index < -0.39 is 0 Å². The van der Waals surface area contributed by atoms with E-state index in [2.05, 4.69) is 30.6 Å². The van der Waals surface area contributed by atoms with E-state index in [0.717, 1.165) is 41.5 Å². The van der Waals surface area contributed by atoms with E-state index in [1.54, 1.807) is 17.8 Å². The number of hydrogen-bond donors (Lipinski definition) is 2. The maximum atomic E-state index is 12.8. The molecule has 8 heteroatoms. The summed E-state index contributed by atoms with van der Waals surface area (Å²) in [5, 5.41) is 10.7. The fraction of sp³-hybridized carbons (Fsp3) is 0.231. The van der Waals surface area contributed by atoms with Crippen LogP contribution in [0.15, 0.2) is 66.7 Å². The van der Waals surface area contributed by atoms with E-state index in [0.29, 0.717) is 17.3 Å². The molecule has 1 fully saturated rings. The highest BCUT2D eigenvalue weighted by atomic mass is 16.2. The van der Waals surface area contributed by atoms with Gasteiger partial charge >= 0.3 is 0 Å². The molecule has 8 nitrogen and oxygen atoms in total. The summed E-state index contributed by atoms with van der Waals surface area (Å²) in [5.74, 6) is 1.32. The van der Waals surface area contributed by atoms with Crippen LogP contribution in [0.5, 0.6) is 0 Å². The first-order valence-corrected chi connectivity index (χ1v) is 11.4. The number of rotatable bonds is 6. The second-order valence-corrected chi connectivity index (χ2v) is 8.45. The summed E-state index contributed by atoms with van der Waals surface area (Å²) in [6, 6.07) is 21.1. The third kappa shape index (κ3) is 4.76. The first-order valence-electron chi connectivity index (χ1n) is 11.4. The molecule has 2 N–H and O–H groups in total. The van der Waals surface area contributed by atoms with Crippen LogP contribution in [0.4, 0.5) is 23.1 Å². The monoisotopic (exact) mass is 453 g/mol. The van der Waals surface area contributed by atoms with Gasteiger partial charge in [-0.05, 0) is 50.1 Å². The molecule has 2 aromatic carbocycles. The van der Waals surface area contributed by atoms with Gasteiger partial charge in [-0.3, -0.25) is 9.48 Å². The van der Waals surface area contributed by atoms with Crippen LogP contribution in [0.2, 0.25) is 0 Å². The number of nitrogens with zero attached hydrogens (tertiary/aromatic N) is 5. The van der Waals surface area contributed by atoms with Gasteiger partial charge in [0.1, 0.15) is 11.5 Å². The number of amides is 1. The lowest BCUT2D eigenvalue weighted by Crippen LogP contribution is -2.19. The lowest BCUT2D eigenvalue weighted by molar-refractivity contribution is 0.101. The van der Waals surface area contributed by atoms with Gasteiger partial charge in [0.2, 0.25) is 5.95 Å². The molecule has 5 rings (SSSR count). The minimum absolute atomic E-state index is 0.213. The van der Waals surface area contributed by atoms with Crippen molar-refractivity contribution in [2.75, 3.05) is 28.6 Å². The molecule has 1 saturated heterocycles. The quantitative estimate of drug-likeness (QED) is 0.437. The van der Waals surface area contributed by atoms with Crippen LogP contribution in [-0.4, -0.2) is 38.7 Å². The highest BCUT2D eigenvalue weighted by Gasteiger charge is 2.16. The van der Waals surface area contributed by atoms with Crippen molar-refractivity contribution in [3.63, 3.8) is 0 Å². The molecule has 0 radical (unpaired) electrons. The number of anilines is 4. The van der Waals surface area contributed by atoms with Crippen molar-refractivity contribution in [3.8, 4) is 11.3 Å². The Bertz CT molecular complexity index is 1290. The van der Waals surface area contributed by atoms with Gasteiger partial charge < -0.3 is 15.5 Å². The van der Waals surface area contributed by atoms with Gasteiger partial charge in [-0.1, -0.05) is 30.3 Å². The number of aromatic nitrogens is 4. The molecule has 0 spiro atoms. The predicted octanol–water partition coefficient (Wildman–Crippen LogP) is 4.78. The van der Waals surface area contributed by atoms with E-state index in [1.807, 2.05) is 67.6 Å². The topological polar surface area (TPSA) is 88.0 Å². The Balaban J connectivity index is 1.26. The lowest BCUT2D eigenvalue weighted by Gasteiger charge is -2.17. The average molecular weight is 454 g/mol. The molecule has 0 bridgehead atoms. The number of aryl methyl sites for hydroxylation is 2. The van der Waals surface area contributed by atoms with Crippen molar-refractivity contribution in [1.82, 2.24) is 19.7 Å². The number of nitrogens with one attached hydrogen (secondary N) is 2. The third-order valence-corrected chi connectivity index (χ3v) is 5.85. The molecule has 1 aliphatic rings. The van der Waals surface area contributed by atoms with Crippen LogP contribution in [-0.2, 0) is 7.05 Å². The Hall–Kier alpha value is -4.20. The van der Waals surface area contributed by atoms with E-state index >= 15 is 0 Å². The molecule has 3 heterocycles. The van der Waals surface area contributed by atoms with Gasteiger partial charge in [0, 0.05) is 48.8 Å². The molecule has 2 aromatic heterocycles. The lowest BCUT2D eigenvalue weighted by atomic mass is 10.1. The van der Waals surface area contributed by atoms with Gasteiger partial charge in [-0.25, -0.2) is 4.98 Å². The standard InChI is InChI=1S/C26H27N7O/c1-18-16-24(33-14-6-7-15-33)30-26(27-18)29-21-12-10-20(11-13-21)28-25(34)23-17-22(31-32(23)2)19-8-4-3-5-9-19/h3-5,8-13,16-17H,6-7,14-15H2,1-2H3,(H,28,34)(H,27,29,30). The average Bonchev–Trinajstić information content (AvgIpc) is 3.51. The smallest absolute Gasteiger partial charge is 0.273 e. The second-order valence-electron chi connectivity index (χ2n) is 8.45. The Morgan fingerprint density at radius 1 is 0.912 bits per heavy atom. The molecule has 0 atom stereocenters. The van der Waals surface area contributed by atoms with E-state index in [-0.39, 0.29) is 5.91 Å². The number of carbonyl (C=O) groups excluding carboxylic acids is 1. The maximum Gasteiger partial charge on any atom is 0.273 e. The fourth-order valence-electron chi connectivity index (χ4n) is 4.11. The molecular weight excluding hydrogens is 426 g/mol. The van der Waals surface area contributed by atoms with Crippen LogP contribution in [0.25, 0.3) is 11.3 Å². The Labute approximate surface area is 198 Å². The number of carbonyl (C=O) groups is 1. The fourth-order valence-corrected chi connectivity index (χ4v) is 4.11. The predicted molar refractivity (Wildman–Crippen MR) is 135 cm³/mol. The van der Waals surface area contributed by atoms with Gasteiger partial charge in [-0.15, -0.1) is 0 Å². The van der Waals surface area contributed by atoms with Gasteiger partial charge in [0.15, 0.2) is 0 Å². The largest absolute Gasteiger partial charge is 0.356 e. The summed E-state index contributed by atoms with van der Waals surface area (Å²) in [6.45, 7) is 4.05. The first kappa shape index (κ1) is 21.6. The van der Waals surface area contributed by atoms with Crippen molar-refractivity contribution in [3.05, 3.63) is 78.1 Å². The highest BCUT2D eigenvalue weighted by molar-refractivity contribution is 6.03. The zero-order valence-corrected chi connectivity index (χ0v) is 19.3. The summed E-state index contributed by atoms with van der Waals surface area (Å²) >= 11 is 0. The SMILES string of the molecule is Cc1cc(N2CCCC2)nc(Nc2ccc(NC(=O)c3cc(-c4ccccc4)nn3C)cc2)n1. The van der Waals surface area contributed by atoms with Crippen LogP contribution in [0.3, 0.4) is 0 Å². The van der Waals surface area contributed by atoms with Crippen LogP contribution >= 0.6 is 0 Å². The van der Waals surface area contributed by atoms with Crippen molar-refractivity contribution >= 4 is 29.0 Å². The molecule has 0 saturated carbocycles. The molecule has 34 heavy (non-hydrogen) atoms. The molecule has 0 unspecified atom stereocenters. The molecule has 0 aliphatic carbocycles. The Morgan fingerprint density at radius 2 is 1.62 bits per heavy atom. The highest BCUT2D eigenvalue weighted by Crippen LogP contribution is 2.23. The van der Waals surface area contributed by atoms with Gasteiger partial charge in [-0.2, -0.15) is 10.1 Å². The van der Waals surface area contributed by atoms with Crippen molar-refractivity contribution < 1.29 is 4.79 Å². The first-order chi connectivity index (χ1) is 16.5. The van der Waals surface area contributed by atoms with Crippen molar-refractivity contribution in [2.45, 2.75) is 19.8 Å². The maximum absolute atomic E-state index is 12.8. The zero-order valence-electron chi connectivity index (χ0n) is 19.3. The van der Waals surface area contributed by atoms with Crippen LogP contribution < -0.4 is 15.5 Å². The van der Waals surface area contributed by atoms with E-state index in [1.165, 1.54) is 12.8 Å². The Kier molecular flexibility index (Phi) is 5.95. The van der Waals surface area contributed by atoms with Crippen LogP contribution in [0, 0.1) is 6.92 Å². The third-order valence-electron chi connectivity index (χ3n) is 5.85. The molecule has 1 amide bonds. The van der Waals surface area contributed by atoms with E-state index in [9.17, 15) is 4.79 Å². The zero-order chi connectivity index (χ0) is 23.5. The second kappa shape index (κ2) is 9.35.